The van der Waals surface area contributed by atoms with Crippen LogP contribution in [0, 0.1) is 0 Å². The van der Waals surface area contributed by atoms with Gasteiger partial charge >= 0.3 is 0 Å². The van der Waals surface area contributed by atoms with Crippen LogP contribution < -0.4 is 11.1 Å². The number of benzene rings is 2. The smallest absolute Gasteiger partial charge is 0.255 e. The summed E-state index contributed by atoms with van der Waals surface area (Å²) in [7, 11) is 0. The summed E-state index contributed by atoms with van der Waals surface area (Å²) in [6, 6.07) is 10.7. The molecule has 5 nitrogen and oxygen atoms in total. The van der Waals surface area contributed by atoms with Gasteiger partial charge in [0.2, 0.25) is 0 Å². The van der Waals surface area contributed by atoms with Crippen molar-refractivity contribution in [2.45, 2.75) is 13.0 Å². The molecule has 2 rings (SSSR count). The lowest BCUT2D eigenvalue weighted by molar-refractivity contribution is 0.0937. The number of anilines is 1. The van der Waals surface area contributed by atoms with Crippen LogP contribution >= 0.6 is 0 Å². The molecular weight excluding hydrogens is 256 g/mol. The van der Waals surface area contributed by atoms with Gasteiger partial charge in [0.15, 0.2) is 0 Å². The number of nitrogens with two attached hydrogens (primary N) is 1. The second kappa shape index (κ2) is 5.52. The van der Waals surface area contributed by atoms with Crippen molar-refractivity contribution in [1.82, 2.24) is 5.32 Å². The van der Waals surface area contributed by atoms with Gasteiger partial charge in [-0.15, -0.1) is 0 Å². The SMILES string of the molecule is CC(NC(=O)c1cc(O)ccc1O)c1ccc(N)cc1. The van der Waals surface area contributed by atoms with Crippen molar-refractivity contribution in [2.24, 2.45) is 0 Å². The summed E-state index contributed by atoms with van der Waals surface area (Å²) in [4.78, 5) is 12.1. The van der Waals surface area contributed by atoms with E-state index in [1.54, 1.807) is 12.1 Å². The van der Waals surface area contributed by atoms with Gasteiger partial charge in [-0.2, -0.15) is 0 Å². The first-order chi connectivity index (χ1) is 9.47. The van der Waals surface area contributed by atoms with Crippen molar-refractivity contribution in [3.8, 4) is 11.5 Å². The maximum atomic E-state index is 12.1. The summed E-state index contributed by atoms with van der Waals surface area (Å²) < 4.78 is 0. The number of aromatic hydroxyl groups is 2. The maximum Gasteiger partial charge on any atom is 0.255 e. The Labute approximate surface area is 116 Å². The Balaban J connectivity index is 2.15. The summed E-state index contributed by atoms with van der Waals surface area (Å²) in [5.74, 6) is -0.708. The zero-order valence-corrected chi connectivity index (χ0v) is 11.0. The minimum absolute atomic E-state index is 0.0345. The summed E-state index contributed by atoms with van der Waals surface area (Å²) in [5.41, 5.74) is 7.19. The van der Waals surface area contributed by atoms with Crippen LogP contribution in [-0.4, -0.2) is 16.1 Å². The van der Waals surface area contributed by atoms with Crippen LogP contribution in [0.3, 0.4) is 0 Å². The molecule has 104 valence electrons. The molecule has 1 unspecified atom stereocenters. The van der Waals surface area contributed by atoms with E-state index in [0.29, 0.717) is 5.69 Å². The predicted octanol–water partition coefficient (Wildman–Crippen LogP) is 2.17. The van der Waals surface area contributed by atoms with Crippen LogP contribution in [0.1, 0.15) is 28.9 Å². The molecule has 0 radical (unpaired) electrons. The van der Waals surface area contributed by atoms with Crippen molar-refractivity contribution in [3.63, 3.8) is 0 Å². The molecule has 5 heteroatoms. The lowest BCUT2D eigenvalue weighted by atomic mass is 10.1. The molecule has 5 N–H and O–H groups in total. The van der Waals surface area contributed by atoms with Crippen LogP contribution in [0.5, 0.6) is 11.5 Å². The van der Waals surface area contributed by atoms with Gasteiger partial charge in [-0.1, -0.05) is 12.1 Å². The number of rotatable bonds is 3. The summed E-state index contributed by atoms with van der Waals surface area (Å²) in [6.07, 6.45) is 0. The predicted molar refractivity (Wildman–Crippen MR) is 76.5 cm³/mol. The highest BCUT2D eigenvalue weighted by atomic mass is 16.3. The second-order valence-corrected chi connectivity index (χ2v) is 4.56. The molecule has 0 fully saturated rings. The third-order valence-corrected chi connectivity index (χ3v) is 3.01. The highest BCUT2D eigenvalue weighted by Gasteiger charge is 2.15. The fraction of sp³-hybridized carbons (Fsp3) is 0.133. The van der Waals surface area contributed by atoms with E-state index >= 15 is 0 Å². The number of hydrogen-bond donors (Lipinski definition) is 4. The van der Waals surface area contributed by atoms with Crippen molar-refractivity contribution in [1.29, 1.82) is 0 Å². The number of carbonyl (C=O) groups is 1. The molecule has 0 aliphatic rings. The Morgan fingerprint density at radius 2 is 1.80 bits per heavy atom. The van der Waals surface area contributed by atoms with Crippen LogP contribution in [0.2, 0.25) is 0 Å². The average molecular weight is 272 g/mol. The van der Waals surface area contributed by atoms with Gasteiger partial charge in [0, 0.05) is 5.69 Å². The van der Waals surface area contributed by atoms with Gasteiger partial charge in [-0.05, 0) is 42.8 Å². The summed E-state index contributed by atoms with van der Waals surface area (Å²) >= 11 is 0. The fourth-order valence-electron chi connectivity index (χ4n) is 1.85. The molecule has 1 atom stereocenters. The molecule has 1 amide bonds. The van der Waals surface area contributed by atoms with Crippen LogP contribution in [-0.2, 0) is 0 Å². The van der Waals surface area contributed by atoms with E-state index in [1.165, 1.54) is 18.2 Å². The topological polar surface area (TPSA) is 95.6 Å². The molecule has 2 aromatic carbocycles. The number of phenols is 2. The monoisotopic (exact) mass is 272 g/mol. The molecule has 0 saturated heterocycles. The molecule has 2 aromatic rings. The third-order valence-electron chi connectivity index (χ3n) is 3.01. The van der Waals surface area contributed by atoms with E-state index in [9.17, 15) is 15.0 Å². The van der Waals surface area contributed by atoms with E-state index in [0.717, 1.165) is 5.56 Å². The molecule has 0 heterocycles. The standard InChI is InChI=1S/C15H16N2O3/c1-9(10-2-4-11(16)5-3-10)17-15(20)13-8-12(18)6-7-14(13)19/h2-9,18-19H,16H2,1H3,(H,17,20). The van der Waals surface area contributed by atoms with Gasteiger partial charge in [0.25, 0.3) is 5.91 Å². The average Bonchev–Trinajstić information content (AvgIpc) is 2.42. The quantitative estimate of drug-likeness (QED) is 0.508. The van der Waals surface area contributed by atoms with Gasteiger partial charge in [0.1, 0.15) is 11.5 Å². The van der Waals surface area contributed by atoms with E-state index in [4.69, 9.17) is 5.73 Å². The van der Waals surface area contributed by atoms with Crippen LogP contribution in [0.25, 0.3) is 0 Å². The van der Waals surface area contributed by atoms with Crippen molar-refractivity contribution in [3.05, 3.63) is 53.6 Å². The number of phenolic OH excluding ortho intramolecular Hbond substituents is 2. The summed E-state index contributed by atoms with van der Waals surface area (Å²) in [5, 5.41) is 21.7. The lowest BCUT2D eigenvalue weighted by Gasteiger charge is -2.15. The normalized spacial score (nSPS) is 11.8. The zero-order chi connectivity index (χ0) is 14.7. The van der Waals surface area contributed by atoms with Gasteiger partial charge < -0.3 is 21.3 Å². The Morgan fingerprint density at radius 3 is 2.45 bits per heavy atom. The van der Waals surface area contributed by atoms with E-state index in [1.807, 2.05) is 19.1 Å². The zero-order valence-electron chi connectivity index (χ0n) is 11.0. The largest absolute Gasteiger partial charge is 0.508 e. The second-order valence-electron chi connectivity index (χ2n) is 4.56. The maximum absolute atomic E-state index is 12.1. The number of nitrogen functional groups attached to an aromatic ring is 1. The number of hydrogen-bond acceptors (Lipinski definition) is 4. The first-order valence-electron chi connectivity index (χ1n) is 6.15. The highest BCUT2D eigenvalue weighted by Crippen LogP contribution is 2.23. The van der Waals surface area contributed by atoms with Gasteiger partial charge in [-0.25, -0.2) is 0 Å². The number of carbonyl (C=O) groups excluding carboxylic acids is 1. The van der Waals surface area contributed by atoms with Gasteiger partial charge in [-0.3, -0.25) is 4.79 Å². The van der Waals surface area contributed by atoms with Crippen molar-refractivity contribution in [2.75, 3.05) is 5.73 Å². The fourth-order valence-corrected chi connectivity index (χ4v) is 1.85. The van der Waals surface area contributed by atoms with Crippen LogP contribution in [0.15, 0.2) is 42.5 Å². The van der Waals surface area contributed by atoms with Gasteiger partial charge in [0.05, 0.1) is 11.6 Å². The Bertz CT molecular complexity index is 624. The minimum atomic E-state index is -0.456. The highest BCUT2D eigenvalue weighted by molar-refractivity contribution is 5.97. The van der Waals surface area contributed by atoms with E-state index in [-0.39, 0.29) is 23.1 Å². The molecule has 0 saturated carbocycles. The van der Waals surface area contributed by atoms with Crippen LogP contribution in [0.4, 0.5) is 5.69 Å². The first-order valence-corrected chi connectivity index (χ1v) is 6.15. The van der Waals surface area contributed by atoms with E-state index < -0.39 is 5.91 Å². The Morgan fingerprint density at radius 1 is 1.15 bits per heavy atom. The molecule has 0 aliphatic carbocycles. The molecule has 0 aliphatic heterocycles. The molecule has 0 spiro atoms. The van der Waals surface area contributed by atoms with Crippen molar-refractivity contribution >= 4 is 11.6 Å². The van der Waals surface area contributed by atoms with E-state index in [2.05, 4.69) is 5.32 Å². The molecule has 0 bridgehead atoms. The Kier molecular flexibility index (Phi) is 3.79. The third kappa shape index (κ3) is 3.00. The number of amides is 1. The lowest BCUT2D eigenvalue weighted by Crippen LogP contribution is -2.26. The summed E-state index contributed by atoms with van der Waals surface area (Å²) in [6.45, 7) is 1.82. The molecule has 20 heavy (non-hydrogen) atoms. The first kappa shape index (κ1) is 13.7. The van der Waals surface area contributed by atoms with Crippen molar-refractivity contribution < 1.29 is 15.0 Å². The minimum Gasteiger partial charge on any atom is -0.508 e. The molecule has 0 aromatic heterocycles. The Hall–Kier alpha value is -2.69. The molecular formula is C15H16N2O3. The number of nitrogens with one attached hydrogen (secondary N) is 1.